The number of hydrogen-bond donors (Lipinski definition) is 2. The molecule has 25 heavy (non-hydrogen) atoms. The van der Waals surface area contributed by atoms with Gasteiger partial charge in [-0.2, -0.15) is 5.26 Å². The van der Waals surface area contributed by atoms with Gasteiger partial charge in [0.25, 0.3) is 5.91 Å². The Kier molecular flexibility index (Phi) is 6.21. The first kappa shape index (κ1) is 19.0. The molecule has 0 aliphatic rings. The summed E-state index contributed by atoms with van der Waals surface area (Å²) in [7, 11) is 0. The summed E-state index contributed by atoms with van der Waals surface area (Å²) in [5.74, 6) is -0.429. The number of aryl methyl sites for hydroxylation is 4. The average molecular weight is 445 g/mol. The van der Waals surface area contributed by atoms with Crippen LogP contribution < -0.4 is 10.6 Å². The number of rotatable bonds is 4. The summed E-state index contributed by atoms with van der Waals surface area (Å²) in [4.78, 5) is 12.4. The van der Waals surface area contributed by atoms with E-state index in [1.165, 1.54) is 11.8 Å². The van der Waals surface area contributed by atoms with Crippen LogP contribution in [0.1, 0.15) is 22.3 Å². The molecule has 0 heterocycles. The van der Waals surface area contributed by atoms with E-state index >= 15 is 0 Å². The zero-order chi connectivity index (χ0) is 18.6. The first-order valence-electron chi connectivity index (χ1n) is 7.84. The van der Waals surface area contributed by atoms with Crippen LogP contribution in [0, 0.1) is 42.6 Å². The number of anilines is 2. The van der Waals surface area contributed by atoms with Crippen LogP contribution in [0.2, 0.25) is 0 Å². The fourth-order valence-electron chi connectivity index (χ4n) is 2.66. The molecule has 0 unspecified atom stereocenters. The number of hydrogen-bond acceptors (Lipinski definition) is 3. The Labute approximate surface area is 162 Å². The normalized spacial score (nSPS) is 11.0. The highest BCUT2D eigenvalue weighted by Crippen LogP contribution is 2.22. The molecule has 0 radical (unpaired) electrons. The molecular formula is C20H20IN3O. The Bertz CT molecular complexity index is 871. The van der Waals surface area contributed by atoms with Gasteiger partial charge in [-0.05, 0) is 85.2 Å². The van der Waals surface area contributed by atoms with Crippen LogP contribution in [0.3, 0.4) is 0 Å². The van der Waals surface area contributed by atoms with Crippen molar-refractivity contribution in [2.24, 2.45) is 0 Å². The maximum absolute atomic E-state index is 12.4. The number of nitrogens with one attached hydrogen (secondary N) is 2. The van der Waals surface area contributed by atoms with Gasteiger partial charge in [-0.1, -0.05) is 17.7 Å². The molecule has 2 N–H and O–H groups in total. The van der Waals surface area contributed by atoms with Gasteiger partial charge in [-0.25, -0.2) is 0 Å². The molecule has 1 amide bonds. The van der Waals surface area contributed by atoms with Gasteiger partial charge < -0.3 is 10.6 Å². The molecule has 0 spiro atoms. The molecule has 4 nitrogen and oxygen atoms in total. The highest BCUT2D eigenvalue weighted by molar-refractivity contribution is 14.1. The van der Waals surface area contributed by atoms with E-state index in [2.05, 4.69) is 45.4 Å². The molecule has 0 saturated heterocycles. The summed E-state index contributed by atoms with van der Waals surface area (Å²) in [6, 6.07) is 11.8. The van der Waals surface area contributed by atoms with Crippen molar-refractivity contribution in [2.75, 3.05) is 10.6 Å². The average Bonchev–Trinajstić information content (AvgIpc) is 2.52. The van der Waals surface area contributed by atoms with Gasteiger partial charge in [-0.15, -0.1) is 0 Å². The van der Waals surface area contributed by atoms with Crippen LogP contribution >= 0.6 is 22.6 Å². The minimum atomic E-state index is -0.429. The lowest BCUT2D eigenvalue weighted by atomic mass is 10.1. The van der Waals surface area contributed by atoms with Crippen molar-refractivity contribution >= 4 is 39.9 Å². The number of nitrogens with zero attached hydrogens (tertiary/aromatic N) is 1. The van der Waals surface area contributed by atoms with Gasteiger partial charge in [0.05, 0.1) is 0 Å². The Morgan fingerprint density at radius 2 is 1.72 bits per heavy atom. The first-order chi connectivity index (χ1) is 11.8. The molecule has 2 rings (SSSR count). The van der Waals surface area contributed by atoms with Crippen molar-refractivity contribution in [1.29, 1.82) is 5.26 Å². The first-order valence-corrected chi connectivity index (χ1v) is 8.92. The van der Waals surface area contributed by atoms with E-state index in [0.717, 1.165) is 25.9 Å². The Balaban J connectivity index is 2.20. The molecule has 0 aliphatic heterocycles. The van der Waals surface area contributed by atoms with Crippen LogP contribution in [0.15, 0.2) is 42.1 Å². The van der Waals surface area contributed by atoms with E-state index in [1.54, 1.807) is 0 Å². The van der Waals surface area contributed by atoms with Crippen LogP contribution in [-0.2, 0) is 4.79 Å². The Morgan fingerprint density at radius 1 is 1.08 bits per heavy atom. The minimum absolute atomic E-state index is 0.0253. The molecule has 0 bridgehead atoms. The number of benzene rings is 2. The number of amides is 1. The molecule has 0 aliphatic carbocycles. The van der Waals surface area contributed by atoms with Crippen molar-refractivity contribution in [3.63, 3.8) is 0 Å². The summed E-state index contributed by atoms with van der Waals surface area (Å²) < 4.78 is 1.09. The SMILES string of the molecule is Cc1cc(C)c(N/C=C(/C#N)C(=O)Nc2ccc(I)cc2C)c(C)c1. The molecule has 2 aromatic carbocycles. The second kappa shape index (κ2) is 8.17. The molecule has 0 saturated carbocycles. The number of halogens is 1. The molecule has 2 aromatic rings. The van der Waals surface area contributed by atoms with Crippen molar-refractivity contribution in [1.82, 2.24) is 0 Å². The predicted molar refractivity (Wildman–Crippen MR) is 110 cm³/mol. The van der Waals surface area contributed by atoms with Gasteiger partial charge in [-0.3, -0.25) is 4.79 Å². The fraction of sp³-hybridized carbons (Fsp3) is 0.200. The third-order valence-corrected chi connectivity index (χ3v) is 4.51. The van der Waals surface area contributed by atoms with Gasteiger partial charge >= 0.3 is 0 Å². The molecule has 128 valence electrons. The predicted octanol–water partition coefficient (Wildman–Crippen LogP) is 4.98. The maximum Gasteiger partial charge on any atom is 0.267 e. The van der Waals surface area contributed by atoms with Gasteiger partial charge in [0.15, 0.2) is 0 Å². The van der Waals surface area contributed by atoms with Crippen LogP contribution in [0.4, 0.5) is 11.4 Å². The Hall–Kier alpha value is -2.33. The second-order valence-corrected chi connectivity index (χ2v) is 7.25. The van der Waals surface area contributed by atoms with Crippen LogP contribution in [0.25, 0.3) is 0 Å². The zero-order valence-corrected chi connectivity index (χ0v) is 16.9. The summed E-state index contributed by atoms with van der Waals surface area (Å²) >= 11 is 2.22. The Morgan fingerprint density at radius 3 is 2.28 bits per heavy atom. The lowest BCUT2D eigenvalue weighted by Crippen LogP contribution is -2.15. The quantitative estimate of drug-likeness (QED) is 0.396. The number of nitriles is 1. The maximum atomic E-state index is 12.4. The number of carbonyl (C=O) groups excluding carboxylic acids is 1. The van der Waals surface area contributed by atoms with Gasteiger partial charge in [0, 0.05) is 21.1 Å². The lowest BCUT2D eigenvalue weighted by molar-refractivity contribution is -0.112. The second-order valence-electron chi connectivity index (χ2n) is 6.00. The van der Waals surface area contributed by atoms with Crippen LogP contribution in [0.5, 0.6) is 0 Å². The highest BCUT2D eigenvalue weighted by atomic mass is 127. The van der Waals surface area contributed by atoms with Crippen molar-refractivity contribution in [3.8, 4) is 6.07 Å². The number of carbonyl (C=O) groups is 1. The standard InChI is InChI=1S/C20H20IN3O/c1-12-7-14(3)19(15(4)8-12)23-11-16(10-22)20(25)24-18-6-5-17(21)9-13(18)2/h5-9,11,23H,1-4H3,(H,24,25)/b16-11-. The summed E-state index contributed by atoms with van der Waals surface area (Å²) in [5, 5.41) is 15.2. The topological polar surface area (TPSA) is 64.9 Å². The summed E-state index contributed by atoms with van der Waals surface area (Å²) in [6.07, 6.45) is 1.46. The van der Waals surface area contributed by atoms with E-state index in [9.17, 15) is 10.1 Å². The monoisotopic (exact) mass is 445 g/mol. The van der Waals surface area contributed by atoms with E-state index in [0.29, 0.717) is 5.69 Å². The van der Waals surface area contributed by atoms with Gasteiger partial charge in [0.1, 0.15) is 11.6 Å². The molecule has 0 fully saturated rings. The van der Waals surface area contributed by atoms with Crippen molar-refractivity contribution in [3.05, 3.63) is 67.9 Å². The third kappa shape index (κ3) is 4.83. The molecule has 0 aromatic heterocycles. The van der Waals surface area contributed by atoms with E-state index in [-0.39, 0.29) is 5.57 Å². The molecule has 0 atom stereocenters. The fourth-order valence-corrected chi connectivity index (χ4v) is 3.30. The molecule has 5 heteroatoms. The van der Waals surface area contributed by atoms with E-state index in [4.69, 9.17) is 0 Å². The van der Waals surface area contributed by atoms with Crippen molar-refractivity contribution in [2.45, 2.75) is 27.7 Å². The van der Waals surface area contributed by atoms with Crippen molar-refractivity contribution < 1.29 is 4.79 Å². The summed E-state index contributed by atoms with van der Waals surface area (Å²) in [5.41, 5.74) is 5.91. The summed E-state index contributed by atoms with van der Waals surface area (Å²) in [6.45, 7) is 7.95. The smallest absolute Gasteiger partial charge is 0.267 e. The largest absolute Gasteiger partial charge is 0.360 e. The van der Waals surface area contributed by atoms with Gasteiger partial charge in [0.2, 0.25) is 0 Å². The lowest BCUT2D eigenvalue weighted by Gasteiger charge is -2.12. The minimum Gasteiger partial charge on any atom is -0.360 e. The molecular weight excluding hydrogens is 425 g/mol. The third-order valence-electron chi connectivity index (χ3n) is 3.84. The van der Waals surface area contributed by atoms with Crippen LogP contribution in [-0.4, -0.2) is 5.91 Å². The van der Waals surface area contributed by atoms with E-state index < -0.39 is 5.91 Å². The van der Waals surface area contributed by atoms with E-state index in [1.807, 2.05) is 52.0 Å². The zero-order valence-electron chi connectivity index (χ0n) is 14.7. The highest BCUT2D eigenvalue weighted by Gasteiger charge is 2.11.